The molecule has 2 aromatic rings. The molecule has 0 aliphatic heterocycles. The standard InChI is InChI=1S/C18H18BrNO3/c1-3-10-22-17-7-5-4-6-15(17)20-18(21)12-23-16-9-8-14(19)11-13(16)2/h3-9,11H,1,10,12H2,2H3,(H,20,21). The molecule has 0 saturated heterocycles. The van der Waals surface area contributed by atoms with Crippen LogP contribution in [0.2, 0.25) is 0 Å². The Kier molecular flexibility index (Phi) is 6.23. The zero-order valence-electron chi connectivity index (χ0n) is 12.8. The van der Waals surface area contributed by atoms with E-state index in [0.717, 1.165) is 10.0 Å². The molecule has 23 heavy (non-hydrogen) atoms. The van der Waals surface area contributed by atoms with Crippen molar-refractivity contribution in [2.24, 2.45) is 0 Å². The Morgan fingerprint density at radius 3 is 2.74 bits per heavy atom. The van der Waals surface area contributed by atoms with Crippen LogP contribution in [0.5, 0.6) is 11.5 Å². The number of para-hydroxylation sites is 2. The van der Waals surface area contributed by atoms with E-state index in [9.17, 15) is 4.79 Å². The fraction of sp³-hybridized carbons (Fsp3) is 0.167. The fourth-order valence-corrected chi connectivity index (χ4v) is 2.42. The van der Waals surface area contributed by atoms with Gasteiger partial charge in [0, 0.05) is 4.47 Å². The van der Waals surface area contributed by atoms with Crippen molar-refractivity contribution >= 4 is 27.5 Å². The summed E-state index contributed by atoms with van der Waals surface area (Å²) < 4.78 is 12.0. The molecule has 0 aromatic heterocycles. The number of nitrogens with one attached hydrogen (secondary N) is 1. The molecule has 0 fully saturated rings. The van der Waals surface area contributed by atoms with Crippen LogP contribution >= 0.6 is 15.9 Å². The largest absolute Gasteiger partial charge is 0.487 e. The van der Waals surface area contributed by atoms with E-state index in [1.807, 2.05) is 37.3 Å². The SMILES string of the molecule is C=CCOc1ccccc1NC(=O)COc1ccc(Br)cc1C. The van der Waals surface area contributed by atoms with E-state index in [2.05, 4.69) is 27.8 Å². The highest BCUT2D eigenvalue weighted by Crippen LogP contribution is 2.24. The van der Waals surface area contributed by atoms with Crippen LogP contribution in [0.15, 0.2) is 59.6 Å². The van der Waals surface area contributed by atoms with Crippen LogP contribution in [0.25, 0.3) is 0 Å². The minimum absolute atomic E-state index is 0.0712. The summed E-state index contributed by atoms with van der Waals surface area (Å²) in [7, 11) is 0. The third-order valence-corrected chi connectivity index (χ3v) is 3.51. The summed E-state index contributed by atoms with van der Waals surface area (Å²) in [6, 6.07) is 12.9. The highest BCUT2D eigenvalue weighted by atomic mass is 79.9. The predicted octanol–water partition coefficient (Wildman–Crippen LogP) is 4.34. The Bertz CT molecular complexity index is 700. The molecule has 0 atom stereocenters. The second kappa shape index (κ2) is 8.39. The summed E-state index contributed by atoms with van der Waals surface area (Å²) in [5, 5.41) is 2.79. The summed E-state index contributed by atoms with van der Waals surface area (Å²) in [4.78, 5) is 12.1. The first-order valence-electron chi connectivity index (χ1n) is 7.11. The van der Waals surface area contributed by atoms with Gasteiger partial charge in [0.05, 0.1) is 5.69 Å². The molecule has 2 aromatic carbocycles. The molecule has 0 heterocycles. The Morgan fingerprint density at radius 1 is 1.22 bits per heavy atom. The van der Waals surface area contributed by atoms with Crippen LogP contribution < -0.4 is 14.8 Å². The minimum atomic E-state index is -0.248. The maximum atomic E-state index is 12.1. The molecule has 0 aliphatic rings. The molecule has 0 unspecified atom stereocenters. The molecular weight excluding hydrogens is 358 g/mol. The number of aryl methyl sites for hydroxylation is 1. The molecule has 4 nitrogen and oxygen atoms in total. The predicted molar refractivity (Wildman–Crippen MR) is 95.1 cm³/mol. The third kappa shape index (κ3) is 5.14. The second-order valence-corrected chi connectivity index (χ2v) is 5.76. The maximum absolute atomic E-state index is 12.1. The highest BCUT2D eigenvalue weighted by Gasteiger charge is 2.09. The number of carbonyl (C=O) groups excluding carboxylic acids is 1. The Hall–Kier alpha value is -2.27. The van der Waals surface area contributed by atoms with Gasteiger partial charge in [-0.3, -0.25) is 4.79 Å². The normalized spacial score (nSPS) is 10.0. The third-order valence-electron chi connectivity index (χ3n) is 3.01. The topological polar surface area (TPSA) is 47.6 Å². The first kappa shape index (κ1) is 17.1. The van der Waals surface area contributed by atoms with E-state index >= 15 is 0 Å². The van der Waals surface area contributed by atoms with Gasteiger partial charge in [-0.05, 0) is 42.8 Å². The van der Waals surface area contributed by atoms with Crippen molar-refractivity contribution in [2.75, 3.05) is 18.5 Å². The van der Waals surface area contributed by atoms with Gasteiger partial charge >= 0.3 is 0 Å². The van der Waals surface area contributed by atoms with E-state index in [1.165, 1.54) is 0 Å². The lowest BCUT2D eigenvalue weighted by atomic mass is 10.2. The van der Waals surface area contributed by atoms with Crippen LogP contribution in [0.3, 0.4) is 0 Å². The molecule has 2 rings (SSSR count). The molecule has 0 aliphatic carbocycles. The van der Waals surface area contributed by atoms with Gasteiger partial charge < -0.3 is 14.8 Å². The number of carbonyl (C=O) groups is 1. The molecule has 1 amide bonds. The molecular formula is C18H18BrNO3. The first-order valence-corrected chi connectivity index (χ1v) is 7.91. The fourth-order valence-electron chi connectivity index (χ4n) is 1.95. The van der Waals surface area contributed by atoms with Gasteiger partial charge in [-0.15, -0.1) is 0 Å². The number of hydrogen-bond donors (Lipinski definition) is 1. The van der Waals surface area contributed by atoms with Crippen molar-refractivity contribution < 1.29 is 14.3 Å². The van der Waals surface area contributed by atoms with Crippen molar-refractivity contribution in [1.82, 2.24) is 0 Å². The zero-order valence-corrected chi connectivity index (χ0v) is 14.4. The van der Waals surface area contributed by atoms with Crippen LogP contribution in [0.1, 0.15) is 5.56 Å². The number of anilines is 1. The lowest BCUT2D eigenvalue weighted by Gasteiger charge is -2.12. The van der Waals surface area contributed by atoms with Crippen molar-refractivity contribution in [2.45, 2.75) is 6.92 Å². The number of amides is 1. The summed E-state index contributed by atoms with van der Waals surface area (Å²) in [5.41, 5.74) is 1.57. The highest BCUT2D eigenvalue weighted by molar-refractivity contribution is 9.10. The number of ether oxygens (including phenoxy) is 2. The van der Waals surface area contributed by atoms with E-state index in [-0.39, 0.29) is 12.5 Å². The summed E-state index contributed by atoms with van der Waals surface area (Å²) in [6.45, 7) is 5.84. The van der Waals surface area contributed by atoms with E-state index < -0.39 is 0 Å². The summed E-state index contributed by atoms with van der Waals surface area (Å²) in [5.74, 6) is 1.03. The summed E-state index contributed by atoms with van der Waals surface area (Å²) in [6.07, 6.45) is 1.65. The molecule has 0 saturated carbocycles. The Morgan fingerprint density at radius 2 is 2.00 bits per heavy atom. The maximum Gasteiger partial charge on any atom is 0.262 e. The Balaban J connectivity index is 1.96. The number of rotatable bonds is 7. The second-order valence-electron chi connectivity index (χ2n) is 4.84. The molecule has 5 heteroatoms. The minimum Gasteiger partial charge on any atom is -0.487 e. The van der Waals surface area contributed by atoms with Gasteiger partial charge in [-0.25, -0.2) is 0 Å². The van der Waals surface area contributed by atoms with Gasteiger partial charge in [0.15, 0.2) is 6.61 Å². The molecule has 0 radical (unpaired) electrons. The van der Waals surface area contributed by atoms with Crippen LogP contribution in [0, 0.1) is 6.92 Å². The van der Waals surface area contributed by atoms with E-state index in [0.29, 0.717) is 23.8 Å². The Labute approximate surface area is 144 Å². The van der Waals surface area contributed by atoms with Gasteiger partial charge in [0.1, 0.15) is 18.1 Å². The zero-order chi connectivity index (χ0) is 16.7. The van der Waals surface area contributed by atoms with Gasteiger partial charge in [0.2, 0.25) is 0 Å². The van der Waals surface area contributed by atoms with E-state index in [1.54, 1.807) is 18.2 Å². The average Bonchev–Trinajstić information content (AvgIpc) is 2.53. The van der Waals surface area contributed by atoms with Crippen LogP contribution in [0.4, 0.5) is 5.69 Å². The van der Waals surface area contributed by atoms with Crippen molar-refractivity contribution in [3.05, 3.63) is 65.2 Å². The number of benzene rings is 2. The van der Waals surface area contributed by atoms with Crippen molar-refractivity contribution in [3.63, 3.8) is 0 Å². The van der Waals surface area contributed by atoms with Crippen LogP contribution in [-0.2, 0) is 4.79 Å². The molecule has 0 spiro atoms. The lowest BCUT2D eigenvalue weighted by Crippen LogP contribution is -2.20. The van der Waals surface area contributed by atoms with E-state index in [4.69, 9.17) is 9.47 Å². The van der Waals surface area contributed by atoms with Gasteiger partial charge in [-0.1, -0.05) is 40.7 Å². The van der Waals surface area contributed by atoms with Gasteiger partial charge in [-0.2, -0.15) is 0 Å². The lowest BCUT2D eigenvalue weighted by molar-refractivity contribution is -0.118. The number of hydrogen-bond acceptors (Lipinski definition) is 3. The van der Waals surface area contributed by atoms with Crippen molar-refractivity contribution in [3.8, 4) is 11.5 Å². The average molecular weight is 376 g/mol. The number of halogens is 1. The van der Waals surface area contributed by atoms with Crippen molar-refractivity contribution in [1.29, 1.82) is 0 Å². The first-order chi connectivity index (χ1) is 11.1. The van der Waals surface area contributed by atoms with Crippen LogP contribution in [-0.4, -0.2) is 19.1 Å². The smallest absolute Gasteiger partial charge is 0.262 e. The van der Waals surface area contributed by atoms with Gasteiger partial charge in [0.25, 0.3) is 5.91 Å². The molecule has 120 valence electrons. The summed E-state index contributed by atoms with van der Waals surface area (Å²) >= 11 is 3.39. The molecule has 0 bridgehead atoms. The monoisotopic (exact) mass is 375 g/mol. The molecule has 1 N–H and O–H groups in total. The quantitative estimate of drug-likeness (QED) is 0.732.